The highest BCUT2D eigenvalue weighted by Gasteiger charge is 2.12. The van der Waals surface area contributed by atoms with Crippen LogP contribution in [0.4, 0.5) is 0 Å². The molecule has 0 radical (unpaired) electrons. The lowest BCUT2D eigenvalue weighted by Crippen LogP contribution is -2.22. The summed E-state index contributed by atoms with van der Waals surface area (Å²) in [6.07, 6.45) is 3.68. The number of amides is 1. The molecular formula is C20H25NOS. The van der Waals surface area contributed by atoms with Gasteiger partial charge in [0.05, 0.1) is 0 Å². The molecule has 0 heterocycles. The molecule has 2 aromatic carbocycles. The molecule has 1 amide bonds. The minimum Gasteiger partial charge on any atom is -0.356 e. The molecule has 0 unspecified atom stereocenters. The Morgan fingerprint density at radius 2 is 2.09 bits per heavy atom. The van der Waals surface area contributed by atoms with Gasteiger partial charge in [-0.2, -0.15) is 0 Å². The van der Waals surface area contributed by atoms with Crippen LogP contribution in [0, 0.1) is 0 Å². The van der Waals surface area contributed by atoms with Crippen molar-refractivity contribution in [1.82, 2.24) is 5.32 Å². The van der Waals surface area contributed by atoms with Crippen molar-refractivity contribution in [1.29, 1.82) is 0 Å². The fourth-order valence-corrected chi connectivity index (χ4v) is 3.79. The fraction of sp³-hybridized carbons (Fsp3) is 0.350. The number of hydrogen-bond donors (Lipinski definition) is 1. The van der Waals surface area contributed by atoms with Gasteiger partial charge in [0.25, 0.3) is 0 Å². The second-order valence-electron chi connectivity index (χ2n) is 5.95. The molecule has 0 aliphatic heterocycles. The first-order valence-electron chi connectivity index (χ1n) is 8.08. The maximum absolute atomic E-state index is 11.1. The van der Waals surface area contributed by atoms with Crippen molar-refractivity contribution in [3.63, 3.8) is 0 Å². The van der Waals surface area contributed by atoms with Crippen LogP contribution in [0.3, 0.4) is 0 Å². The number of allylic oxidation sites excluding steroid dienone is 1. The Morgan fingerprint density at radius 1 is 1.30 bits per heavy atom. The van der Waals surface area contributed by atoms with Crippen molar-refractivity contribution in [3.05, 3.63) is 54.1 Å². The molecule has 2 aromatic rings. The van der Waals surface area contributed by atoms with Gasteiger partial charge in [-0.05, 0) is 40.8 Å². The van der Waals surface area contributed by atoms with E-state index >= 15 is 0 Å². The van der Waals surface area contributed by atoms with Crippen LogP contribution >= 0.6 is 11.8 Å². The largest absolute Gasteiger partial charge is 0.356 e. The van der Waals surface area contributed by atoms with Crippen LogP contribution in [0.25, 0.3) is 10.8 Å². The SMILES string of the molecule is C=CCc1c(SC(C)C)ccc2cccc(CCNC(C)=O)c12. The number of hydrogen-bond acceptors (Lipinski definition) is 2. The Hall–Kier alpha value is -1.74. The third-order valence-corrected chi connectivity index (χ3v) is 4.78. The number of nitrogens with one attached hydrogen (secondary N) is 1. The van der Waals surface area contributed by atoms with E-state index in [1.54, 1.807) is 6.92 Å². The van der Waals surface area contributed by atoms with E-state index in [0.29, 0.717) is 11.8 Å². The van der Waals surface area contributed by atoms with Crippen molar-refractivity contribution < 1.29 is 4.79 Å². The van der Waals surface area contributed by atoms with E-state index in [1.807, 2.05) is 17.8 Å². The van der Waals surface area contributed by atoms with Gasteiger partial charge >= 0.3 is 0 Å². The van der Waals surface area contributed by atoms with Crippen LogP contribution in [0.1, 0.15) is 31.9 Å². The summed E-state index contributed by atoms with van der Waals surface area (Å²) in [6.45, 7) is 10.6. The molecule has 0 aliphatic carbocycles. The molecule has 1 N–H and O–H groups in total. The molecule has 0 aromatic heterocycles. The molecule has 122 valence electrons. The van der Waals surface area contributed by atoms with Gasteiger partial charge < -0.3 is 5.32 Å². The molecule has 0 fully saturated rings. The van der Waals surface area contributed by atoms with Crippen LogP contribution in [-0.4, -0.2) is 17.7 Å². The van der Waals surface area contributed by atoms with Crippen molar-refractivity contribution in [2.24, 2.45) is 0 Å². The number of carbonyl (C=O) groups excluding carboxylic acids is 1. The molecule has 0 spiro atoms. The van der Waals surface area contributed by atoms with Gasteiger partial charge in [-0.15, -0.1) is 18.3 Å². The molecule has 0 aliphatic rings. The van der Waals surface area contributed by atoms with Gasteiger partial charge in [-0.3, -0.25) is 4.79 Å². The van der Waals surface area contributed by atoms with Gasteiger partial charge in [0.2, 0.25) is 5.91 Å². The Morgan fingerprint density at radius 3 is 2.74 bits per heavy atom. The van der Waals surface area contributed by atoms with E-state index < -0.39 is 0 Å². The molecule has 0 saturated carbocycles. The van der Waals surface area contributed by atoms with Crippen LogP contribution in [0.2, 0.25) is 0 Å². The first-order chi connectivity index (χ1) is 11.0. The van der Waals surface area contributed by atoms with Crippen LogP contribution < -0.4 is 5.32 Å². The zero-order valence-electron chi connectivity index (χ0n) is 14.2. The topological polar surface area (TPSA) is 29.1 Å². The molecule has 23 heavy (non-hydrogen) atoms. The normalized spacial score (nSPS) is 11.0. The maximum atomic E-state index is 11.1. The zero-order valence-corrected chi connectivity index (χ0v) is 15.0. The van der Waals surface area contributed by atoms with E-state index in [-0.39, 0.29) is 5.91 Å². The Balaban J connectivity index is 2.49. The molecule has 2 rings (SSSR count). The van der Waals surface area contributed by atoms with Crippen LogP contribution in [0.5, 0.6) is 0 Å². The second-order valence-corrected chi connectivity index (χ2v) is 7.57. The predicted molar refractivity (Wildman–Crippen MR) is 101 cm³/mol. The van der Waals surface area contributed by atoms with E-state index in [2.05, 4.69) is 56.1 Å². The Bertz CT molecular complexity index is 706. The van der Waals surface area contributed by atoms with E-state index in [0.717, 1.165) is 12.8 Å². The minimum absolute atomic E-state index is 0.0209. The Labute approximate surface area is 143 Å². The molecule has 0 saturated heterocycles. The average Bonchev–Trinajstić information content (AvgIpc) is 2.49. The summed E-state index contributed by atoms with van der Waals surface area (Å²) in [5.41, 5.74) is 2.65. The molecule has 0 bridgehead atoms. The standard InChI is InChI=1S/C20H25NOS/c1-5-7-18-19(23-14(2)3)11-10-16-8-6-9-17(20(16)18)12-13-21-15(4)22/h5-6,8-11,14H,1,7,12-13H2,2-4H3,(H,21,22). The lowest BCUT2D eigenvalue weighted by Gasteiger charge is -2.16. The van der Waals surface area contributed by atoms with Crippen molar-refractivity contribution in [3.8, 4) is 0 Å². The van der Waals surface area contributed by atoms with Gasteiger partial charge in [0.15, 0.2) is 0 Å². The highest BCUT2D eigenvalue weighted by Crippen LogP contribution is 2.34. The Kier molecular flexibility index (Phi) is 6.28. The smallest absolute Gasteiger partial charge is 0.216 e. The lowest BCUT2D eigenvalue weighted by atomic mass is 9.95. The summed E-state index contributed by atoms with van der Waals surface area (Å²) in [6, 6.07) is 10.9. The lowest BCUT2D eigenvalue weighted by molar-refractivity contribution is -0.118. The summed E-state index contributed by atoms with van der Waals surface area (Å²) in [5, 5.41) is 6.02. The highest BCUT2D eigenvalue weighted by atomic mass is 32.2. The summed E-state index contributed by atoms with van der Waals surface area (Å²) in [4.78, 5) is 12.4. The van der Waals surface area contributed by atoms with Gasteiger partial charge in [0, 0.05) is 23.6 Å². The number of carbonyl (C=O) groups is 1. The average molecular weight is 327 g/mol. The second kappa shape index (κ2) is 8.21. The molecular weight excluding hydrogens is 302 g/mol. The van der Waals surface area contributed by atoms with E-state index in [9.17, 15) is 4.79 Å². The van der Waals surface area contributed by atoms with E-state index in [1.165, 1.54) is 26.8 Å². The maximum Gasteiger partial charge on any atom is 0.216 e. The number of fused-ring (bicyclic) bond motifs is 1. The van der Waals surface area contributed by atoms with Gasteiger partial charge in [0.1, 0.15) is 0 Å². The van der Waals surface area contributed by atoms with Gasteiger partial charge in [-0.25, -0.2) is 0 Å². The predicted octanol–water partition coefficient (Wildman–Crippen LogP) is 4.75. The summed E-state index contributed by atoms with van der Waals surface area (Å²) in [5.74, 6) is 0.0209. The van der Waals surface area contributed by atoms with Gasteiger partial charge in [-0.1, -0.05) is 44.2 Å². The van der Waals surface area contributed by atoms with Crippen molar-refractivity contribution in [2.75, 3.05) is 6.54 Å². The molecule has 2 nitrogen and oxygen atoms in total. The first kappa shape index (κ1) is 17.6. The van der Waals surface area contributed by atoms with Crippen LogP contribution in [-0.2, 0) is 17.6 Å². The summed E-state index contributed by atoms with van der Waals surface area (Å²) in [7, 11) is 0. The first-order valence-corrected chi connectivity index (χ1v) is 8.96. The van der Waals surface area contributed by atoms with E-state index in [4.69, 9.17) is 0 Å². The fourth-order valence-electron chi connectivity index (χ4n) is 2.81. The molecule has 3 heteroatoms. The van der Waals surface area contributed by atoms with Crippen LogP contribution in [0.15, 0.2) is 47.9 Å². The van der Waals surface area contributed by atoms with Crippen molar-refractivity contribution >= 4 is 28.4 Å². The monoisotopic (exact) mass is 327 g/mol. The highest BCUT2D eigenvalue weighted by molar-refractivity contribution is 8.00. The number of benzene rings is 2. The summed E-state index contributed by atoms with van der Waals surface area (Å²) >= 11 is 1.90. The van der Waals surface area contributed by atoms with Crippen molar-refractivity contribution in [2.45, 2.75) is 43.8 Å². The third kappa shape index (κ3) is 4.61. The zero-order chi connectivity index (χ0) is 16.8. The number of rotatable bonds is 7. The molecule has 0 atom stereocenters. The minimum atomic E-state index is 0.0209. The third-order valence-electron chi connectivity index (χ3n) is 3.68. The number of thioether (sulfide) groups is 1. The summed E-state index contributed by atoms with van der Waals surface area (Å²) < 4.78 is 0. The quantitative estimate of drug-likeness (QED) is 0.587.